The number of nitrogens with zero attached hydrogens (tertiary/aromatic N) is 1. The Morgan fingerprint density at radius 1 is 1.37 bits per heavy atom. The number of esters is 1. The molecule has 1 aromatic rings. The highest BCUT2D eigenvalue weighted by atomic mass is 16.6. The van der Waals surface area contributed by atoms with Gasteiger partial charge in [-0.15, -0.1) is 0 Å². The van der Waals surface area contributed by atoms with Crippen LogP contribution >= 0.6 is 0 Å². The fourth-order valence-electron chi connectivity index (χ4n) is 1.71. The Hall–Kier alpha value is -2.24. The lowest BCUT2D eigenvalue weighted by molar-refractivity contribution is -0.385. The normalized spacial score (nSPS) is 10.0. The van der Waals surface area contributed by atoms with Crippen LogP contribution in [-0.4, -0.2) is 23.8 Å². The van der Waals surface area contributed by atoms with Gasteiger partial charge in [0.1, 0.15) is 5.78 Å². The van der Waals surface area contributed by atoms with Crippen LogP contribution in [0.2, 0.25) is 0 Å². The molecule has 102 valence electrons. The van der Waals surface area contributed by atoms with Gasteiger partial charge in [-0.1, -0.05) is 13.0 Å². The van der Waals surface area contributed by atoms with Crippen LogP contribution < -0.4 is 0 Å². The van der Waals surface area contributed by atoms with E-state index in [1.165, 1.54) is 19.2 Å². The number of carbonyl (C=O) groups is 2. The molecule has 0 aliphatic heterocycles. The highest BCUT2D eigenvalue weighted by molar-refractivity contribution is 5.90. The van der Waals surface area contributed by atoms with Gasteiger partial charge in [-0.3, -0.25) is 14.9 Å². The van der Waals surface area contributed by atoms with E-state index < -0.39 is 10.9 Å². The molecule has 0 unspecified atom stereocenters. The summed E-state index contributed by atoms with van der Waals surface area (Å²) in [5, 5.41) is 11.0. The lowest BCUT2D eigenvalue weighted by Crippen LogP contribution is -2.07. The standard InChI is InChI=1S/C13H15NO5/c1-3-4-11(15)7-9-5-6-10(13(16)19-2)8-12(9)14(17)18/h5-6,8H,3-4,7H2,1-2H3. The predicted octanol–water partition coefficient (Wildman–Crippen LogP) is 2.29. The fourth-order valence-corrected chi connectivity index (χ4v) is 1.71. The smallest absolute Gasteiger partial charge is 0.338 e. The van der Waals surface area contributed by atoms with Crippen molar-refractivity contribution in [1.29, 1.82) is 0 Å². The molecule has 0 bridgehead atoms. The van der Waals surface area contributed by atoms with Crippen LogP contribution in [0.25, 0.3) is 0 Å². The minimum Gasteiger partial charge on any atom is -0.465 e. The van der Waals surface area contributed by atoms with E-state index in [9.17, 15) is 19.7 Å². The van der Waals surface area contributed by atoms with Crippen molar-refractivity contribution in [2.24, 2.45) is 0 Å². The molecule has 0 aliphatic carbocycles. The first-order valence-corrected chi connectivity index (χ1v) is 5.87. The van der Waals surface area contributed by atoms with Crippen molar-refractivity contribution in [3.63, 3.8) is 0 Å². The van der Waals surface area contributed by atoms with Crippen LogP contribution in [0.1, 0.15) is 35.7 Å². The highest BCUT2D eigenvalue weighted by Crippen LogP contribution is 2.22. The second-order valence-corrected chi connectivity index (χ2v) is 4.06. The molecule has 0 fully saturated rings. The van der Waals surface area contributed by atoms with Crippen LogP contribution in [0.4, 0.5) is 5.69 Å². The molecule has 0 aliphatic rings. The first-order valence-electron chi connectivity index (χ1n) is 5.87. The number of benzene rings is 1. The van der Waals surface area contributed by atoms with Crippen molar-refractivity contribution >= 4 is 17.4 Å². The lowest BCUT2D eigenvalue weighted by Gasteiger charge is -2.04. The van der Waals surface area contributed by atoms with Crippen molar-refractivity contribution in [2.45, 2.75) is 26.2 Å². The maximum absolute atomic E-state index is 11.5. The van der Waals surface area contributed by atoms with Gasteiger partial charge in [-0.05, 0) is 12.5 Å². The first-order chi connectivity index (χ1) is 8.99. The molecule has 0 saturated heterocycles. The van der Waals surface area contributed by atoms with Gasteiger partial charge in [-0.25, -0.2) is 4.79 Å². The third kappa shape index (κ3) is 3.87. The van der Waals surface area contributed by atoms with Gasteiger partial charge in [0, 0.05) is 24.5 Å². The van der Waals surface area contributed by atoms with E-state index in [-0.39, 0.29) is 23.5 Å². The summed E-state index contributed by atoms with van der Waals surface area (Å²) < 4.78 is 4.50. The number of nitro groups is 1. The van der Waals surface area contributed by atoms with Crippen molar-refractivity contribution in [1.82, 2.24) is 0 Å². The number of Topliss-reactive ketones (excluding diaryl/α,β-unsaturated/α-hetero) is 1. The van der Waals surface area contributed by atoms with Gasteiger partial charge in [0.05, 0.1) is 17.6 Å². The number of hydrogen-bond donors (Lipinski definition) is 0. The summed E-state index contributed by atoms with van der Waals surface area (Å²) in [6.07, 6.45) is 1.09. The van der Waals surface area contributed by atoms with Crippen LogP contribution in [-0.2, 0) is 16.0 Å². The molecule has 1 rings (SSSR count). The van der Waals surface area contributed by atoms with E-state index in [0.29, 0.717) is 18.4 Å². The van der Waals surface area contributed by atoms with Gasteiger partial charge in [0.15, 0.2) is 0 Å². The number of rotatable bonds is 6. The molecule has 6 nitrogen and oxygen atoms in total. The highest BCUT2D eigenvalue weighted by Gasteiger charge is 2.19. The molecule has 0 saturated carbocycles. The van der Waals surface area contributed by atoms with E-state index in [1.807, 2.05) is 6.92 Å². The molecule has 0 heterocycles. The molecule has 19 heavy (non-hydrogen) atoms. The van der Waals surface area contributed by atoms with E-state index in [1.54, 1.807) is 0 Å². The second kappa shape index (κ2) is 6.63. The molecule has 0 aromatic heterocycles. The minimum absolute atomic E-state index is 0.00556. The van der Waals surface area contributed by atoms with Crippen LogP contribution in [0, 0.1) is 10.1 Å². The summed E-state index contributed by atoms with van der Waals surface area (Å²) >= 11 is 0. The van der Waals surface area contributed by atoms with Crippen LogP contribution in [0.5, 0.6) is 0 Å². The SMILES string of the molecule is CCCC(=O)Cc1ccc(C(=O)OC)cc1[N+](=O)[O-]. The minimum atomic E-state index is -0.644. The Balaban J connectivity index is 3.08. The molecular weight excluding hydrogens is 250 g/mol. The summed E-state index contributed by atoms with van der Waals surface area (Å²) in [6.45, 7) is 1.87. The number of carbonyl (C=O) groups excluding carboxylic acids is 2. The molecule has 0 atom stereocenters. The summed E-state index contributed by atoms with van der Waals surface area (Å²) in [5.41, 5.74) is 0.185. The van der Waals surface area contributed by atoms with E-state index in [4.69, 9.17) is 0 Å². The maximum atomic E-state index is 11.5. The van der Waals surface area contributed by atoms with Crippen molar-refractivity contribution in [2.75, 3.05) is 7.11 Å². The number of ether oxygens (including phenoxy) is 1. The van der Waals surface area contributed by atoms with Gasteiger partial charge in [-0.2, -0.15) is 0 Å². The van der Waals surface area contributed by atoms with Gasteiger partial charge >= 0.3 is 5.97 Å². The van der Waals surface area contributed by atoms with E-state index >= 15 is 0 Å². The monoisotopic (exact) mass is 265 g/mol. The largest absolute Gasteiger partial charge is 0.465 e. The Morgan fingerprint density at radius 3 is 2.58 bits per heavy atom. The third-order valence-corrected chi connectivity index (χ3v) is 2.62. The molecule has 0 amide bonds. The second-order valence-electron chi connectivity index (χ2n) is 4.06. The average Bonchev–Trinajstić information content (AvgIpc) is 2.38. The zero-order valence-electron chi connectivity index (χ0n) is 10.8. The van der Waals surface area contributed by atoms with E-state index in [0.717, 1.165) is 6.07 Å². The summed E-state index contributed by atoms with van der Waals surface area (Å²) in [7, 11) is 1.20. The van der Waals surface area contributed by atoms with Gasteiger partial charge in [0.2, 0.25) is 0 Å². The van der Waals surface area contributed by atoms with Crippen LogP contribution in [0.3, 0.4) is 0 Å². The summed E-state index contributed by atoms with van der Waals surface area (Å²) in [5.74, 6) is -0.703. The van der Waals surface area contributed by atoms with Crippen molar-refractivity contribution < 1.29 is 19.2 Å². The van der Waals surface area contributed by atoms with Crippen molar-refractivity contribution in [3.05, 3.63) is 39.4 Å². The zero-order chi connectivity index (χ0) is 14.4. The quantitative estimate of drug-likeness (QED) is 0.447. The maximum Gasteiger partial charge on any atom is 0.338 e. The van der Waals surface area contributed by atoms with Gasteiger partial charge in [0.25, 0.3) is 5.69 Å². The molecule has 0 N–H and O–H groups in total. The molecule has 0 spiro atoms. The Kier molecular flexibility index (Phi) is 5.17. The zero-order valence-corrected chi connectivity index (χ0v) is 10.8. The topological polar surface area (TPSA) is 86.5 Å². The molecule has 0 radical (unpaired) electrons. The van der Waals surface area contributed by atoms with Crippen LogP contribution in [0.15, 0.2) is 18.2 Å². The fraction of sp³-hybridized carbons (Fsp3) is 0.385. The van der Waals surface area contributed by atoms with Crippen molar-refractivity contribution in [3.8, 4) is 0 Å². The molecular formula is C13H15NO5. The summed E-state index contributed by atoms with van der Waals surface area (Å²) in [6, 6.07) is 3.99. The lowest BCUT2D eigenvalue weighted by atomic mass is 10.0. The number of methoxy groups -OCH3 is 1. The molecule has 1 aromatic carbocycles. The Bertz CT molecular complexity index is 510. The number of nitro benzene ring substituents is 1. The third-order valence-electron chi connectivity index (χ3n) is 2.62. The number of hydrogen-bond acceptors (Lipinski definition) is 5. The average molecular weight is 265 g/mol. The Labute approximate surface area is 110 Å². The number of ketones is 1. The predicted molar refractivity (Wildman–Crippen MR) is 68.1 cm³/mol. The van der Waals surface area contributed by atoms with Gasteiger partial charge < -0.3 is 4.74 Å². The first kappa shape index (κ1) is 14.8. The van der Waals surface area contributed by atoms with E-state index in [2.05, 4.69) is 4.74 Å². The summed E-state index contributed by atoms with van der Waals surface area (Å²) in [4.78, 5) is 33.2. The molecule has 6 heteroatoms. The Morgan fingerprint density at radius 2 is 2.05 bits per heavy atom.